The lowest BCUT2D eigenvalue weighted by Gasteiger charge is -2.27. The molecule has 7 nitrogen and oxygen atoms in total. The molecule has 0 fully saturated rings. The Hall–Kier alpha value is -2.70. The van der Waals surface area contributed by atoms with Crippen LogP contribution in [0.15, 0.2) is 18.2 Å². The molecule has 0 spiro atoms. The van der Waals surface area contributed by atoms with Gasteiger partial charge in [-0.15, -0.1) is 0 Å². The lowest BCUT2D eigenvalue weighted by molar-refractivity contribution is 0.0732. The van der Waals surface area contributed by atoms with Gasteiger partial charge in [-0.2, -0.15) is 5.10 Å². The van der Waals surface area contributed by atoms with E-state index in [1.165, 1.54) is 0 Å². The molecule has 0 saturated carbocycles. The Labute approximate surface area is 128 Å². The van der Waals surface area contributed by atoms with Gasteiger partial charge in [0.15, 0.2) is 0 Å². The number of benzene rings is 1. The highest BCUT2D eigenvalue weighted by molar-refractivity contribution is 5.95. The zero-order valence-corrected chi connectivity index (χ0v) is 12.5. The Bertz CT molecular complexity index is 689. The first-order valence-corrected chi connectivity index (χ1v) is 6.96. The van der Waals surface area contributed by atoms with Crippen LogP contribution in [0.25, 0.3) is 0 Å². The van der Waals surface area contributed by atoms with Gasteiger partial charge in [-0.3, -0.25) is 9.89 Å². The van der Waals surface area contributed by atoms with Gasteiger partial charge in [-0.05, 0) is 18.6 Å². The van der Waals surface area contributed by atoms with Crippen LogP contribution < -0.4 is 15.2 Å². The van der Waals surface area contributed by atoms with Crippen LogP contribution >= 0.6 is 0 Å². The third kappa shape index (κ3) is 2.45. The minimum atomic E-state index is -0.0731. The number of nitrogens with one attached hydrogen (secondary N) is 1. The largest absolute Gasteiger partial charge is 0.497 e. The van der Waals surface area contributed by atoms with Crippen molar-refractivity contribution < 1.29 is 14.3 Å². The van der Waals surface area contributed by atoms with Crippen LogP contribution in [0, 0.1) is 0 Å². The number of hydrogen-bond donors (Lipinski definition) is 2. The second-order valence-electron chi connectivity index (χ2n) is 5.14. The molecule has 0 saturated heterocycles. The van der Waals surface area contributed by atoms with Gasteiger partial charge in [0.1, 0.15) is 17.3 Å². The number of methoxy groups -OCH3 is 2. The minimum Gasteiger partial charge on any atom is -0.497 e. The average Bonchev–Trinajstić information content (AvgIpc) is 2.94. The van der Waals surface area contributed by atoms with Gasteiger partial charge in [0, 0.05) is 23.7 Å². The van der Waals surface area contributed by atoms with Crippen molar-refractivity contribution in [1.82, 2.24) is 15.1 Å². The molecule has 1 aromatic heterocycles. The van der Waals surface area contributed by atoms with Crippen LogP contribution in [-0.4, -0.2) is 41.8 Å². The molecule has 0 unspecified atom stereocenters. The fourth-order valence-electron chi connectivity index (χ4n) is 2.63. The Kier molecular flexibility index (Phi) is 3.62. The highest BCUT2D eigenvalue weighted by atomic mass is 16.5. The van der Waals surface area contributed by atoms with Crippen LogP contribution in [0.1, 0.15) is 21.6 Å². The van der Waals surface area contributed by atoms with Crippen LogP contribution in [0.2, 0.25) is 0 Å². The summed E-state index contributed by atoms with van der Waals surface area (Å²) in [5.74, 6) is 1.62. The Morgan fingerprint density at radius 2 is 1.95 bits per heavy atom. The molecule has 3 rings (SSSR count). The molecule has 2 heterocycles. The summed E-state index contributed by atoms with van der Waals surface area (Å²) in [6.45, 7) is 1.08. The number of hydrogen-bond acceptors (Lipinski definition) is 5. The summed E-state index contributed by atoms with van der Waals surface area (Å²) in [7, 11) is 3.12. The second-order valence-corrected chi connectivity index (χ2v) is 5.14. The SMILES string of the molecule is COc1cc(OC)cc(C(=O)N2CCc3c(N)n[nH]c3C2)c1. The summed E-state index contributed by atoms with van der Waals surface area (Å²) in [6, 6.07) is 5.16. The summed E-state index contributed by atoms with van der Waals surface area (Å²) >= 11 is 0. The number of rotatable bonds is 3. The van der Waals surface area contributed by atoms with E-state index < -0.39 is 0 Å². The topological polar surface area (TPSA) is 93.5 Å². The van der Waals surface area contributed by atoms with E-state index in [4.69, 9.17) is 15.2 Å². The summed E-state index contributed by atoms with van der Waals surface area (Å²) in [5, 5.41) is 6.88. The zero-order valence-electron chi connectivity index (χ0n) is 12.5. The lowest BCUT2D eigenvalue weighted by Crippen LogP contribution is -2.36. The predicted molar refractivity (Wildman–Crippen MR) is 81.0 cm³/mol. The Balaban J connectivity index is 1.86. The highest BCUT2D eigenvalue weighted by Crippen LogP contribution is 2.26. The summed E-state index contributed by atoms with van der Waals surface area (Å²) in [5.41, 5.74) is 8.23. The maximum atomic E-state index is 12.7. The third-order valence-electron chi connectivity index (χ3n) is 3.85. The number of nitrogens with zero attached hydrogens (tertiary/aromatic N) is 2. The number of nitrogen functional groups attached to an aromatic ring is 1. The minimum absolute atomic E-state index is 0.0731. The Morgan fingerprint density at radius 3 is 2.59 bits per heavy atom. The van der Waals surface area contributed by atoms with Gasteiger partial charge >= 0.3 is 0 Å². The molecule has 22 heavy (non-hydrogen) atoms. The van der Waals surface area contributed by atoms with Crippen molar-refractivity contribution in [2.24, 2.45) is 0 Å². The van der Waals surface area contributed by atoms with E-state index in [2.05, 4.69) is 10.2 Å². The number of ether oxygens (including phenoxy) is 2. The number of amides is 1. The molecular formula is C15H18N4O3. The van der Waals surface area contributed by atoms with Crippen molar-refractivity contribution in [2.75, 3.05) is 26.5 Å². The molecule has 3 N–H and O–H groups in total. The molecule has 1 amide bonds. The normalized spacial score (nSPS) is 13.6. The van der Waals surface area contributed by atoms with Gasteiger partial charge in [0.05, 0.1) is 26.5 Å². The van der Waals surface area contributed by atoms with Crippen molar-refractivity contribution in [3.63, 3.8) is 0 Å². The van der Waals surface area contributed by atoms with E-state index >= 15 is 0 Å². The van der Waals surface area contributed by atoms with Gasteiger partial charge in [-0.1, -0.05) is 0 Å². The fourth-order valence-corrected chi connectivity index (χ4v) is 2.63. The van der Waals surface area contributed by atoms with Crippen molar-refractivity contribution >= 4 is 11.7 Å². The molecule has 7 heteroatoms. The van der Waals surface area contributed by atoms with Gasteiger partial charge in [-0.25, -0.2) is 0 Å². The van der Waals surface area contributed by atoms with E-state index in [9.17, 15) is 4.79 Å². The Morgan fingerprint density at radius 1 is 1.27 bits per heavy atom. The van der Waals surface area contributed by atoms with E-state index in [0.717, 1.165) is 11.3 Å². The number of H-pyrrole nitrogens is 1. The maximum absolute atomic E-state index is 12.7. The molecule has 0 radical (unpaired) electrons. The third-order valence-corrected chi connectivity index (χ3v) is 3.85. The van der Waals surface area contributed by atoms with Crippen molar-refractivity contribution in [2.45, 2.75) is 13.0 Å². The molecule has 1 aliphatic rings. The van der Waals surface area contributed by atoms with E-state index in [1.54, 1.807) is 37.3 Å². The van der Waals surface area contributed by atoms with Crippen LogP contribution in [0.5, 0.6) is 11.5 Å². The first kappa shape index (κ1) is 14.2. The van der Waals surface area contributed by atoms with Crippen LogP contribution in [-0.2, 0) is 13.0 Å². The summed E-state index contributed by atoms with van der Waals surface area (Å²) in [6.07, 6.45) is 0.699. The second kappa shape index (κ2) is 5.59. The fraction of sp³-hybridized carbons (Fsp3) is 0.333. The van der Waals surface area contributed by atoms with Gasteiger partial charge in [0.25, 0.3) is 5.91 Å². The molecule has 0 atom stereocenters. The molecule has 2 aromatic rings. The van der Waals surface area contributed by atoms with Crippen LogP contribution in [0.4, 0.5) is 5.82 Å². The first-order valence-electron chi connectivity index (χ1n) is 6.96. The monoisotopic (exact) mass is 302 g/mol. The molecule has 1 aromatic carbocycles. The van der Waals surface area contributed by atoms with Gasteiger partial charge in [0.2, 0.25) is 0 Å². The smallest absolute Gasteiger partial charge is 0.254 e. The molecule has 0 bridgehead atoms. The van der Waals surface area contributed by atoms with Crippen LogP contribution in [0.3, 0.4) is 0 Å². The van der Waals surface area contributed by atoms with Crippen molar-refractivity contribution in [3.8, 4) is 11.5 Å². The summed E-state index contributed by atoms with van der Waals surface area (Å²) < 4.78 is 10.4. The zero-order chi connectivity index (χ0) is 15.7. The van der Waals surface area contributed by atoms with E-state index in [1.807, 2.05) is 0 Å². The van der Waals surface area contributed by atoms with E-state index in [-0.39, 0.29) is 5.91 Å². The molecule has 1 aliphatic heterocycles. The maximum Gasteiger partial charge on any atom is 0.254 e. The number of nitrogens with two attached hydrogens (primary N) is 1. The quantitative estimate of drug-likeness (QED) is 0.889. The first-order chi connectivity index (χ1) is 10.6. The van der Waals surface area contributed by atoms with E-state index in [0.29, 0.717) is 42.4 Å². The summed E-state index contributed by atoms with van der Waals surface area (Å²) in [4.78, 5) is 14.5. The van der Waals surface area contributed by atoms with Gasteiger partial charge < -0.3 is 20.1 Å². The molecular weight excluding hydrogens is 284 g/mol. The molecule has 0 aliphatic carbocycles. The predicted octanol–water partition coefficient (Wildman–Crippen LogP) is 1.21. The number of aromatic amines is 1. The number of aromatic nitrogens is 2. The highest BCUT2D eigenvalue weighted by Gasteiger charge is 2.25. The van der Waals surface area contributed by atoms with Crippen molar-refractivity contribution in [3.05, 3.63) is 35.0 Å². The average molecular weight is 302 g/mol. The molecule has 116 valence electrons. The number of carbonyl (C=O) groups is 1. The standard InChI is InChI=1S/C15H18N4O3/c1-21-10-5-9(6-11(7-10)22-2)15(20)19-4-3-12-13(8-19)17-18-14(12)16/h5-7H,3-4,8H2,1-2H3,(H3,16,17,18). The number of fused-ring (bicyclic) bond motifs is 1. The van der Waals surface area contributed by atoms with Crippen molar-refractivity contribution in [1.29, 1.82) is 0 Å². The number of carbonyl (C=O) groups excluding carboxylic acids is 1. The number of anilines is 1. The lowest BCUT2D eigenvalue weighted by atomic mass is 10.1.